The first-order valence-electron chi connectivity index (χ1n) is 9.30. The number of nitrogens with one attached hydrogen (secondary N) is 1. The zero-order chi connectivity index (χ0) is 19.5. The summed E-state index contributed by atoms with van der Waals surface area (Å²) in [6.45, 7) is 1.40. The van der Waals surface area contributed by atoms with Crippen LogP contribution in [-0.2, 0) is 11.3 Å². The Morgan fingerprint density at radius 1 is 1.18 bits per heavy atom. The van der Waals surface area contributed by atoms with Crippen molar-refractivity contribution in [3.8, 4) is 11.3 Å². The van der Waals surface area contributed by atoms with Crippen LogP contribution in [0.3, 0.4) is 0 Å². The quantitative estimate of drug-likeness (QED) is 0.705. The van der Waals surface area contributed by atoms with E-state index in [1.54, 1.807) is 23.2 Å². The molecule has 0 bridgehead atoms. The SMILES string of the molecule is NC(=O)Cn1ccnc1C1CCCN(C(=O)c2ccc(-c3ccn[nH]3)cc2)C1. The molecule has 2 amide bonds. The Hall–Kier alpha value is -3.42. The summed E-state index contributed by atoms with van der Waals surface area (Å²) in [6, 6.07) is 9.41. The number of amides is 2. The van der Waals surface area contributed by atoms with E-state index in [0.29, 0.717) is 18.7 Å². The van der Waals surface area contributed by atoms with Gasteiger partial charge < -0.3 is 15.2 Å². The third kappa shape index (κ3) is 3.66. The van der Waals surface area contributed by atoms with Gasteiger partial charge in [-0.25, -0.2) is 4.98 Å². The van der Waals surface area contributed by atoms with E-state index in [2.05, 4.69) is 15.2 Å². The summed E-state index contributed by atoms with van der Waals surface area (Å²) in [5.74, 6) is 0.511. The Bertz CT molecular complexity index is 961. The second-order valence-corrected chi connectivity index (χ2v) is 7.02. The lowest BCUT2D eigenvalue weighted by Gasteiger charge is -2.32. The Labute approximate surface area is 162 Å². The van der Waals surface area contributed by atoms with Crippen LogP contribution in [0.5, 0.6) is 0 Å². The Morgan fingerprint density at radius 2 is 2.00 bits per heavy atom. The van der Waals surface area contributed by atoms with Gasteiger partial charge in [0, 0.05) is 43.2 Å². The van der Waals surface area contributed by atoms with Gasteiger partial charge in [-0.1, -0.05) is 12.1 Å². The zero-order valence-electron chi connectivity index (χ0n) is 15.4. The lowest BCUT2D eigenvalue weighted by atomic mass is 9.96. The molecule has 2 aromatic heterocycles. The van der Waals surface area contributed by atoms with E-state index in [1.165, 1.54) is 0 Å². The van der Waals surface area contributed by atoms with E-state index >= 15 is 0 Å². The number of likely N-dealkylation sites (tertiary alicyclic amines) is 1. The zero-order valence-corrected chi connectivity index (χ0v) is 15.4. The van der Waals surface area contributed by atoms with Gasteiger partial charge in [0.1, 0.15) is 12.4 Å². The average Bonchev–Trinajstić information content (AvgIpc) is 3.39. The summed E-state index contributed by atoms with van der Waals surface area (Å²) < 4.78 is 1.78. The molecule has 1 saturated heterocycles. The van der Waals surface area contributed by atoms with E-state index < -0.39 is 5.91 Å². The molecule has 1 aromatic carbocycles. The van der Waals surface area contributed by atoms with E-state index in [-0.39, 0.29) is 18.4 Å². The van der Waals surface area contributed by atoms with Crippen molar-refractivity contribution in [3.05, 3.63) is 60.3 Å². The fraction of sp³-hybridized carbons (Fsp3) is 0.300. The number of aromatic amines is 1. The van der Waals surface area contributed by atoms with Crippen molar-refractivity contribution < 1.29 is 9.59 Å². The Kier molecular flexibility index (Phi) is 4.92. The number of nitrogens with two attached hydrogens (primary N) is 1. The molecule has 28 heavy (non-hydrogen) atoms. The molecular formula is C20H22N6O2. The van der Waals surface area contributed by atoms with Gasteiger partial charge in [0.05, 0.1) is 5.69 Å². The van der Waals surface area contributed by atoms with E-state index in [4.69, 9.17) is 5.73 Å². The number of primary amides is 1. The Morgan fingerprint density at radius 3 is 2.71 bits per heavy atom. The highest BCUT2D eigenvalue weighted by atomic mass is 16.2. The summed E-state index contributed by atoms with van der Waals surface area (Å²) in [7, 11) is 0. The predicted molar refractivity (Wildman–Crippen MR) is 103 cm³/mol. The molecule has 0 aliphatic carbocycles. The number of hydrogen-bond acceptors (Lipinski definition) is 4. The van der Waals surface area contributed by atoms with Crippen molar-refractivity contribution in [2.75, 3.05) is 13.1 Å². The van der Waals surface area contributed by atoms with Crippen molar-refractivity contribution in [3.63, 3.8) is 0 Å². The van der Waals surface area contributed by atoms with Crippen LogP contribution in [0.1, 0.15) is 34.9 Å². The molecule has 3 heterocycles. The number of benzene rings is 1. The topological polar surface area (TPSA) is 110 Å². The van der Waals surface area contributed by atoms with Gasteiger partial charge in [0.2, 0.25) is 5.91 Å². The lowest BCUT2D eigenvalue weighted by molar-refractivity contribution is -0.118. The number of carbonyl (C=O) groups excluding carboxylic acids is 2. The van der Waals surface area contributed by atoms with Crippen LogP contribution in [-0.4, -0.2) is 49.6 Å². The summed E-state index contributed by atoms with van der Waals surface area (Å²) in [5, 5.41) is 6.87. The molecule has 3 aromatic rings. The van der Waals surface area contributed by atoms with E-state index in [9.17, 15) is 9.59 Å². The van der Waals surface area contributed by atoms with Crippen molar-refractivity contribution in [2.24, 2.45) is 5.73 Å². The molecule has 4 rings (SSSR count). The van der Waals surface area contributed by atoms with Gasteiger partial charge in [-0.05, 0) is 36.6 Å². The summed E-state index contributed by atoms with van der Waals surface area (Å²) in [6.07, 6.45) is 6.96. The highest BCUT2D eigenvalue weighted by molar-refractivity contribution is 5.94. The molecule has 8 nitrogen and oxygen atoms in total. The second-order valence-electron chi connectivity index (χ2n) is 7.02. The fourth-order valence-corrected chi connectivity index (χ4v) is 3.75. The molecule has 1 fully saturated rings. The lowest BCUT2D eigenvalue weighted by Crippen LogP contribution is -2.40. The summed E-state index contributed by atoms with van der Waals surface area (Å²) >= 11 is 0. The van der Waals surface area contributed by atoms with Gasteiger partial charge in [-0.2, -0.15) is 5.10 Å². The molecule has 0 radical (unpaired) electrons. The number of hydrogen-bond donors (Lipinski definition) is 2. The molecular weight excluding hydrogens is 356 g/mol. The van der Waals surface area contributed by atoms with Crippen LogP contribution >= 0.6 is 0 Å². The van der Waals surface area contributed by atoms with Gasteiger partial charge in [0.15, 0.2) is 0 Å². The van der Waals surface area contributed by atoms with Crippen molar-refractivity contribution >= 4 is 11.8 Å². The maximum absolute atomic E-state index is 13.0. The van der Waals surface area contributed by atoms with Gasteiger partial charge >= 0.3 is 0 Å². The van der Waals surface area contributed by atoms with Crippen molar-refractivity contribution in [1.82, 2.24) is 24.6 Å². The molecule has 8 heteroatoms. The highest BCUT2D eigenvalue weighted by Crippen LogP contribution is 2.27. The van der Waals surface area contributed by atoms with Crippen LogP contribution in [0.15, 0.2) is 48.9 Å². The van der Waals surface area contributed by atoms with Crippen LogP contribution < -0.4 is 5.73 Å². The number of imidazole rings is 1. The van der Waals surface area contributed by atoms with E-state index in [0.717, 1.165) is 29.9 Å². The largest absolute Gasteiger partial charge is 0.368 e. The molecule has 1 unspecified atom stereocenters. The molecule has 1 atom stereocenters. The first-order valence-corrected chi connectivity index (χ1v) is 9.30. The molecule has 3 N–H and O–H groups in total. The normalized spacial score (nSPS) is 16.9. The van der Waals surface area contributed by atoms with Gasteiger partial charge in [-0.3, -0.25) is 14.7 Å². The maximum atomic E-state index is 13.0. The molecule has 1 aliphatic heterocycles. The van der Waals surface area contributed by atoms with Gasteiger partial charge in [0.25, 0.3) is 5.91 Å². The van der Waals surface area contributed by atoms with Crippen LogP contribution in [0, 0.1) is 0 Å². The minimum Gasteiger partial charge on any atom is -0.368 e. The van der Waals surface area contributed by atoms with Crippen LogP contribution in [0.25, 0.3) is 11.3 Å². The third-order valence-corrected chi connectivity index (χ3v) is 5.09. The number of nitrogens with zero attached hydrogens (tertiary/aromatic N) is 4. The van der Waals surface area contributed by atoms with E-state index in [1.807, 2.05) is 35.2 Å². The number of carbonyl (C=O) groups is 2. The number of piperidine rings is 1. The first-order chi connectivity index (χ1) is 13.6. The fourth-order valence-electron chi connectivity index (χ4n) is 3.75. The maximum Gasteiger partial charge on any atom is 0.253 e. The average molecular weight is 378 g/mol. The molecule has 144 valence electrons. The van der Waals surface area contributed by atoms with Crippen molar-refractivity contribution in [2.45, 2.75) is 25.3 Å². The smallest absolute Gasteiger partial charge is 0.253 e. The van der Waals surface area contributed by atoms with Crippen LogP contribution in [0.2, 0.25) is 0 Å². The number of H-pyrrole nitrogens is 1. The standard InChI is InChI=1S/C20H22N6O2/c21-18(27)13-25-11-9-22-19(25)16-2-1-10-26(12-16)20(28)15-5-3-14(4-6-15)17-7-8-23-24-17/h3-9,11,16H,1-2,10,12-13H2,(H2,21,27)(H,23,24). The molecule has 0 spiro atoms. The number of aromatic nitrogens is 4. The minimum atomic E-state index is -0.402. The molecule has 0 saturated carbocycles. The van der Waals surface area contributed by atoms with Crippen molar-refractivity contribution in [1.29, 1.82) is 0 Å². The van der Waals surface area contributed by atoms with Crippen LogP contribution in [0.4, 0.5) is 0 Å². The summed E-state index contributed by atoms with van der Waals surface area (Å²) in [5.41, 5.74) is 7.88. The monoisotopic (exact) mass is 378 g/mol. The Balaban J connectivity index is 1.48. The minimum absolute atomic E-state index is 0.00821. The summed E-state index contributed by atoms with van der Waals surface area (Å²) in [4.78, 5) is 30.5. The number of rotatable bonds is 5. The molecule has 1 aliphatic rings. The predicted octanol–water partition coefficient (Wildman–Crippen LogP) is 1.78. The van der Waals surface area contributed by atoms with Gasteiger partial charge in [-0.15, -0.1) is 0 Å². The second kappa shape index (κ2) is 7.67. The first kappa shape index (κ1) is 18.0. The highest BCUT2D eigenvalue weighted by Gasteiger charge is 2.28. The third-order valence-electron chi connectivity index (χ3n) is 5.09.